The van der Waals surface area contributed by atoms with E-state index in [0.29, 0.717) is 0 Å². The smallest absolute Gasteiger partial charge is 0.179 e. The minimum absolute atomic E-state index is 0.0218. The molecule has 0 aliphatic carbocycles. The van der Waals surface area contributed by atoms with Gasteiger partial charge < -0.3 is 13.7 Å². The number of nitrogens with zero attached hydrogens (tertiary/aromatic N) is 3. The van der Waals surface area contributed by atoms with E-state index < -0.39 is 8.07 Å². The minimum atomic E-state index is -2.85. The lowest BCUT2D eigenvalue weighted by Gasteiger charge is -2.34. The van der Waals surface area contributed by atoms with Crippen LogP contribution in [0.15, 0.2) is 237 Å². The molecule has 72 heavy (non-hydrogen) atoms. The molecule has 0 aliphatic heterocycles. The van der Waals surface area contributed by atoms with Crippen molar-refractivity contribution in [3.63, 3.8) is 0 Å². The summed E-state index contributed by atoms with van der Waals surface area (Å²) in [7, 11) is -2.85. The van der Waals surface area contributed by atoms with Gasteiger partial charge in [-0.3, -0.25) is 0 Å². The van der Waals surface area contributed by atoms with E-state index in [0.717, 1.165) is 17.1 Å². The van der Waals surface area contributed by atoms with Crippen LogP contribution >= 0.6 is 0 Å². The summed E-state index contributed by atoms with van der Waals surface area (Å²) >= 11 is 0. The molecule has 3 heterocycles. The van der Waals surface area contributed by atoms with Crippen LogP contribution in [0.25, 0.3) is 82.5 Å². The van der Waals surface area contributed by atoms with E-state index >= 15 is 0 Å². The van der Waals surface area contributed by atoms with E-state index in [1.165, 1.54) is 97.3 Å². The lowest BCUT2D eigenvalue weighted by molar-refractivity contribution is 0.590. The van der Waals surface area contributed by atoms with E-state index in [2.05, 4.69) is 292 Å². The molecule has 0 atom stereocenters. The van der Waals surface area contributed by atoms with Crippen molar-refractivity contribution in [1.82, 2.24) is 13.7 Å². The van der Waals surface area contributed by atoms with Gasteiger partial charge in [0.1, 0.15) is 0 Å². The van der Waals surface area contributed by atoms with Crippen molar-refractivity contribution in [2.24, 2.45) is 0 Å². The highest BCUT2D eigenvalue weighted by atomic mass is 28.3. The molecule has 0 saturated carbocycles. The molecule has 0 saturated heterocycles. The summed E-state index contributed by atoms with van der Waals surface area (Å²) in [5.41, 5.74) is 13.3. The van der Waals surface area contributed by atoms with Crippen LogP contribution in [0.2, 0.25) is 0 Å². The van der Waals surface area contributed by atoms with Crippen molar-refractivity contribution in [2.45, 2.75) is 52.4 Å². The highest BCUT2D eigenvalue weighted by Gasteiger charge is 2.42. The summed E-state index contributed by atoms with van der Waals surface area (Å²) < 4.78 is 7.54. The van der Waals surface area contributed by atoms with Gasteiger partial charge in [-0.25, -0.2) is 0 Å². The lowest BCUT2D eigenvalue weighted by Crippen LogP contribution is -2.74. The number of benzene rings is 10. The van der Waals surface area contributed by atoms with Crippen LogP contribution in [-0.4, -0.2) is 21.8 Å². The van der Waals surface area contributed by atoms with E-state index in [1.54, 1.807) is 0 Å². The topological polar surface area (TPSA) is 14.8 Å². The van der Waals surface area contributed by atoms with Crippen molar-refractivity contribution in [1.29, 1.82) is 0 Å². The highest BCUT2D eigenvalue weighted by Crippen LogP contribution is 2.43. The van der Waals surface area contributed by atoms with Gasteiger partial charge in [0.2, 0.25) is 0 Å². The molecule has 0 aliphatic rings. The quantitative estimate of drug-likeness (QED) is 0.112. The Bertz CT molecular complexity index is 4030. The lowest BCUT2D eigenvalue weighted by atomic mass is 9.85. The number of hydrogen-bond donors (Lipinski definition) is 0. The molecule has 0 amide bonds. The maximum atomic E-state index is 2.54. The molecule has 0 bridgehead atoms. The number of fused-ring (bicyclic) bond motifs is 10. The van der Waals surface area contributed by atoms with Crippen LogP contribution in [0, 0.1) is 0 Å². The van der Waals surface area contributed by atoms with Gasteiger partial charge in [-0.2, -0.15) is 0 Å². The first kappa shape index (κ1) is 43.8. The van der Waals surface area contributed by atoms with Gasteiger partial charge in [0.25, 0.3) is 0 Å². The van der Waals surface area contributed by atoms with Crippen molar-refractivity contribution in [3.05, 3.63) is 248 Å². The molecule has 348 valence electrons. The summed E-state index contributed by atoms with van der Waals surface area (Å²) in [6.07, 6.45) is 0. The van der Waals surface area contributed by atoms with E-state index in [9.17, 15) is 0 Å². The number of rotatable bonds is 7. The maximum Gasteiger partial charge on any atom is 0.179 e. The van der Waals surface area contributed by atoms with Crippen LogP contribution in [0.5, 0.6) is 0 Å². The third-order valence-corrected chi connectivity index (χ3v) is 20.2. The average Bonchev–Trinajstić information content (AvgIpc) is 4.05. The van der Waals surface area contributed by atoms with Crippen molar-refractivity contribution < 1.29 is 0 Å². The standard InChI is InChI=1S/C68H57N3Si/c1-67(2,3)46-34-39-61-58(42-46)59-43-47(68(4,5)6)35-40-62(59)70(61)49-24-21-25-50(44-49)71-60-33-20-19-32-55(60)56-38-41-63-65(66(56)71)57-37-36-54(45-64(57)69(63)48-22-11-7-12-23-48)72(51-26-13-8-14-27-51,52-28-15-9-16-29-52)53-30-17-10-18-31-53/h7-45H,1-6H3. The summed E-state index contributed by atoms with van der Waals surface area (Å²) in [4.78, 5) is 0. The van der Waals surface area contributed by atoms with Crippen molar-refractivity contribution in [2.75, 3.05) is 0 Å². The molecule has 13 aromatic rings. The SMILES string of the molecule is CC(C)(C)c1ccc2c(c1)c1cc(C(C)(C)C)ccc1n2-c1cccc(-n2c3ccccc3c3ccc4c(c5ccc([Si](c6ccccc6)(c6ccccc6)c6ccccc6)cc5n4-c4ccccc4)c32)c1. The molecule has 0 spiro atoms. The molecule has 4 heteroatoms. The third-order valence-electron chi connectivity index (χ3n) is 15.5. The van der Waals surface area contributed by atoms with E-state index in [-0.39, 0.29) is 10.8 Å². The van der Waals surface area contributed by atoms with Crippen molar-refractivity contribution in [3.8, 4) is 17.1 Å². The van der Waals surface area contributed by atoms with Crippen LogP contribution in [0.4, 0.5) is 0 Å². The Hall–Kier alpha value is -8.18. The van der Waals surface area contributed by atoms with Gasteiger partial charge in [0.05, 0.1) is 33.1 Å². The van der Waals surface area contributed by atoms with Crippen LogP contribution in [-0.2, 0) is 10.8 Å². The fourth-order valence-corrected chi connectivity index (χ4v) is 16.7. The Morgan fingerprint density at radius 1 is 0.278 bits per heavy atom. The first-order valence-corrected chi connectivity index (χ1v) is 27.4. The molecule has 0 N–H and O–H groups in total. The summed E-state index contributed by atoms with van der Waals surface area (Å²) in [5.74, 6) is 0. The number of para-hydroxylation sites is 2. The Kier molecular flexibility index (Phi) is 10.0. The second-order valence-corrected chi connectivity index (χ2v) is 25.6. The molecule has 0 unspecified atom stereocenters. The first-order valence-electron chi connectivity index (χ1n) is 25.4. The normalized spacial score (nSPS) is 12.6. The maximum absolute atomic E-state index is 2.85. The first-order chi connectivity index (χ1) is 35.0. The van der Waals surface area contributed by atoms with Gasteiger partial charge in [-0.15, -0.1) is 0 Å². The largest absolute Gasteiger partial charge is 0.309 e. The monoisotopic (exact) mass is 943 g/mol. The van der Waals surface area contributed by atoms with Crippen LogP contribution < -0.4 is 20.7 Å². The Morgan fingerprint density at radius 2 is 0.722 bits per heavy atom. The average molecular weight is 944 g/mol. The molecule has 0 fully saturated rings. The predicted molar refractivity (Wildman–Crippen MR) is 310 cm³/mol. The third kappa shape index (κ3) is 6.69. The zero-order valence-corrected chi connectivity index (χ0v) is 42.9. The van der Waals surface area contributed by atoms with Gasteiger partial charge in [0.15, 0.2) is 8.07 Å². The highest BCUT2D eigenvalue weighted by molar-refractivity contribution is 7.20. The van der Waals surface area contributed by atoms with Crippen LogP contribution in [0.1, 0.15) is 52.7 Å². The number of aromatic nitrogens is 3. The molecule has 3 nitrogen and oxygen atoms in total. The molecule has 10 aromatic carbocycles. The van der Waals surface area contributed by atoms with E-state index in [1.807, 2.05) is 0 Å². The fourth-order valence-electron chi connectivity index (χ4n) is 12.0. The zero-order chi connectivity index (χ0) is 48.9. The molecular formula is C68H57N3Si. The molecule has 3 aromatic heterocycles. The van der Waals surface area contributed by atoms with Crippen LogP contribution in [0.3, 0.4) is 0 Å². The number of hydrogen-bond acceptors (Lipinski definition) is 0. The van der Waals surface area contributed by atoms with E-state index in [4.69, 9.17) is 0 Å². The van der Waals surface area contributed by atoms with Crippen molar-refractivity contribution >= 4 is 94.2 Å². The van der Waals surface area contributed by atoms with Gasteiger partial charge in [0, 0.05) is 49.4 Å². The zero-order valence-electron chi connectivity index (χ0n) is 41.9. The van der Waals surface area contributed by atoms with Gasteiger partial charge in [-0.1, -0.05) is 205 Å². The Morgan fingerprint density at radius 3 is 1.28 bits per heavy atom. The molecule has 0 radical (unpaired) electrons. The Labute approximate surface area is 422 Å². The summed E-state index contributed by atoms with van der Waals surface area (Å²) in [6, 6.07) is 89.3. The predicted octanol–water partition coefficient (Wildman–Crippen LogP) is 15.0. The van der Waals surface area contributed by atoms with Gasteiger partial charge >= 0.3 is 0 Å². The second kappa shape index (κ2) is 16.4. The summed E-state index contributed by atoms with van der Waals surface area (Å²) in [5, 5.41) is 13.0. The molecule has 13 rings (SSSR count). The molecular weight excluding hydrogens is 887 g/mol. The fraction of sp³-hybridized carbons (Fsp3) is 0.118. The minimum Gasteiger partial charge on any atom is -0.309 e. The second-order valence-electron chi connectivity index (χ2n) is 21.8. The van der Waals surface area contributed by atoms with Gasteiger partial charge in [-0.05, 0) is 116 Å². The Balaban J connectivity index is 1.11. The summed E-state index contributed by atoms with van der Waals surface area (Å²) in [6.45, 7) is 13.9.